The number of likely N-dealkylation sites (N-methyl/N-ethyl adjacent to an activating group) is 1. The smallest absolute Gasteiger partial charge is 0.0659 e. The Kier molecular flexibility index (Phi) is 4.03. The monoisotopic (exact) mass is 267 g/mol. The molecule has 1 aromatic carbocycles. The van der Waals surface area contributed by atoms with E-state index in [4.69, 9.17) is 11.6 Å². The van der Waals surface area contributed by atoms with Crippen molar-refractivity contribution in [2.75, 3.05) is 37.9 Å². The van der Waals surface area contributed by atoms with Crippen LogP contribution >= 0.6 is 11.6 Å². The molecule has 0 aliphatic carbocycles. The van der Waals surface area contributed by atoms with Crippen LogP contribution < -0.4 is 10.2 Å². The first-order valence-electron chi connectivity index (χ1n) is 6.41. The minimum absolute atomic E-state index is 0.520. The van der Waals surface area contributed by atoms with Crippen molar-refractivity contribution in [3.05, 3.63) is 23.2 Å². The SMILES string of the molecule is CC1CC(Nc2ccc(N(C)C)c(Cl)c2)CN1C. The Morgan fingerprint density at radius 2 is 2.11 bits per heavy atom. The van der Waals surface area contributed by atoms with Gasteiger partial charge in [0.1, 0.15) is 0 Å². The molecule has 1 aromatic rings. The van der Waals surface area contributed by atoms with E-state index in [1.165, 1.54) is 6.42 Å². The Hall–Kier alpha value is -0.930. The maximum Gasteiger partial charge on any atom is 0.0659 e. The zero-order chi connectivity index (χ0) is 13.3. The molecule has 1 saturated heterocycles. The van der Waals surface area contributed by atoms with E-state index in [0.717, 1.165) is 22.9 Å². The van der Waals surface area contributed by atoms with Crippen LogP contribution in [0.4, 0.5) is 11.4 Å². The van der Waals surface area contributed by atoms with Gasteiger partial charge in [0.2, 0.25) is 0 Å². The first kappa shape index (κ1) is 13.5. The highest BCUT2D eigenvalue weighted by atomic mass is 35.5. The lowest BCUT2D eigenvalue weighted by atomic mass is 10.2. The number of benzene rings is 1. The molecule has 1 aliphatic rings. The van der Waals surface area contributed by atoms with E-state index in [9.17, 15) is 0 Å². The number of likely N-dealkylation sites (tertiary alicyclic amines) is 1. The lowest BCUT2D eigenvalue weighted by molar-refractivity contribution is 0.330. The molecule has 0 radical (unpaired) electrons. The molecule has 0 bridgehead atoms. The van der Waals surface area contributed by atoms with E-state index in [0.29, 0.717) is 12.1 Å². The van der Waals surface area contributed by atoms with Gasteiger partial charge in [0.15, 0.2) is 0 Å². The number of hydrogen-bond donors (Lipinski definition) is 1. The van der Waals surface area contributed by atoms with Gasteiger partial charge in [-0.05, 0) is 38.6 Å². The Morgan fingerprint density at radius 3 is 2.61 bits per heavy atom. The van der Waals surface area contributed by atoms with Gasteiger partial charge in [-0.3, -0.25) is 0 Å². The van der Waals surface area contributed by atoms with E-state index in [1.807, 2.05) is 25.1 Å². The molecule has 0 aromatic heterocycles. The molecule has 1 aliphatic heterocycles. The first-order chi connectivity index (χ1) is 8.47. The fourth-order valence-corrected chi connectivity index (χ4v) is 2.84. The van der Waals surface area contributed by atoms with Crippen LogP contribution in [0.15, 0.2) is 18.2 Å². The molecule has 3 nitrogen and oxygen atoms in total. The zero-order valence-electron chi connectivity index (χ0n) is 11.6. The molecule has 4 heteroatoms. The van der Waals surface area contributed by atoms with Crippen LogP contribution in [0.2, 0.25) is 5.02 Å². The predicted molar refractivity (Wildman–Crippen MR) is 79.9 cm³/mol. The van der Waals surface area contributed by atoms with E-state index >= 15 is 0 Å². The minimum atomic E-state index is 0.520. The summed E-state index contributed by atoms with van der Waals surface area (Å²) in [5, 5.41) is 4.36. The van der Waals surface area contributed by atoms with Crippen molar-refractivity contribution >= 4 is 23.0 Å². The summed E-state index contributed by atoms with van der Waals surface area (Å²) < 4.78 is 0. The number of halogens is 1. The maximum absolute atomic E-state index is 6.28. The van der Waals surface area contributed by atoms with Crippen molar-refractivity contribution in [2.45, 2.75) is 25.4 Å². The molecular weight excluding hydrogens is 246 g/mol. The summed E-state index contributed by atoms with van der Waals surface area (Å²) in [6.07, 6.45) is 1.18. The number of nitrogens with zero attached hydrogens (tertiary/aromatic N) is 2. The van der Waals surface area contributed by atoms with Gasteiger partial charge in [-0.2, -0.15) is 0 Å². The summed E-state index contributed by atoms with van der Waals surface area (Å²) >= 11 is 6.28. The van der Waals surface area contributed by atoms with Gasteiger partial charge < -0.3 is 15.1 Å². The fourth-order valence-electron chi connectivity index (χ4n) is 2.49. The maximum atomic E-state index is 6.28. The molecule has 18 heavy (non-hydrogen) atoms. The van der Waals surface area contributed by atoms with E-state index in [2.05, 4.69) is 36.3 Å². The van der Waals surface area contributed by atoms with Gasteiger partial charge in [0, 0.05) is 38.4 Å². The molecule has 100 valence electrons. The van der Waals surface area contributed by atoms with E-state index in [1.54, 1.807) is 0 Å². The highest BCUT2D eigenvalue weighted by Crippen LogP contribution is 2.28. The van der Waals surface area contributed by atoms with Crippen LogP contribution in [0.1, 0.15) is 13.3 Å². The molecule has 0 spiro atoms. The summed E-state index contributed by atoms with van der Waals surface area (Å²) in [7, 11) is 6.18. The van der Waals surface area contributed by atoms with Crippen molar-refractivity contribution in [1.82, 2.24) is 4.90 Å². The largest absolute Gasteiger partial charge is 0.381 e. The molecule has 1 fully saturated rings. The van der Waals surface area contributed by atoms with Crippen molar-refractivity contribution in [3.8, 4) is 0 Å². The van der Waals surface area contributed by atoms with Crippen LogP contribution in [0.5, 0.6) is 0 Å². The lowest BCUT2D eigenvalue weighted by Crippen LogP contribution is -2.24. The standard InChI is InChI=1S/C14H22ClN3/c1-10-7-12(9-18(10)4)16-11-5-6-14(17(2)3)13(15)8-11/h5-6,8,10,12,16H,7,9H2,1-4H3. The molecule has 2 unspecified atom stereocenters. The summed E-state index contributed by atoms with van der Waals surface area (Å²) in [5.41, 5.74) is 2.16. The fraction of sp³-hybridized carbons (Fsp3) is 0.571. The second-order valence-electron chi connectivity index (χ2n) is 5.43. The Labute approximate surface area is 115 Å². The highest BCUT2D eigenvalue weighted by Gasteiger charge is 2.25. The third kappa shape index (κ3) is 2.90. The van der Waals surface area contributed by atoms with Crippen molar-refractivity contribution < 1.29 is 0 Å². The van der Waals surface area contributed by atoms with Gasteiger partial charge in [-0.25, -0.2) is 0 Å². The summed E-state index contributed by atoms with van der Waals surface area (Å²) in [6, 6.07) is 7.35. The molecule has 1 heterocycles. The van der Waals surface area contributed by atoms with Gasteiger partial charge in [-0.1, -0.05) is 11.6 Å². The number of rotatable bonds is 3. The topological polar surface area (TPSA) is 18.5 Å². The van der Waals surface area contributed by atoms with Crippen LogP contribution in [0, 0.1) is 0 Å². The van der Waals surface area contributed by atoms with Gasteiger partial charge in [0.05, 0.1) is 10.7 Å². The first-order valence-corrected chi connectivity index (χ1v) is 6.79. The minimum Gasteiger partial charge on any atom is -0.381 e. The van der Waals surface area contributed by atoms with Gasteiger partial charge in [0.25, 0.3) is 0 Å². The summed E-state index contributed by atoms with van der Waals surface area (Å²) in [6.45, 7) is 3.36. The average molecular weight is 268 g/mol. The second kappa shape index (κ2) is 5.37. The molecule has 0 saturated carbocycles. The van der Waals surface area contributed by atoms with Crippen LogP contribution in [-0.2, 0) is 0 Å². The summed E-state index contributed by atoms with van der Waals surface area (Å²) in [4.78, 5) is 4.41. The number of hydrogen-bond acceptors (Lipinski definition) is 3. The summed E-state index contributed by atoms with van der Waals surface area (Å²) in [5.74, 6) is 0. The molecule has 2 rings (SSSR count). The van der Waals surface area contributed by atoms with E-state index in [-0.39, 0.29) is 0 Å². The lowest BCUT2D eigenvalue weighted by Gasteiger charge is -2.18. The Morgan fingerprint density at radius 1 is 1.39 bits per heavy atom. The van der Waals surface area contributed by atoms with Crippen LogP contribution in [-0.4, -0.2) is 44.7 Å². The second-order valence-corrected chi connectivity index (χ2v) is 5.83. The van der Waals surface area contributed by atoms with Gasteiger partial charge in [-0.15, -0.1) is 0 Å². The molecule has 1 N–H and O–H groups in total. The van der Waals surface area contributed by atoms with Gasteiger partial charge >= 0.3 is 0 Å². The Balaban J connectivity index is 2.05. The van der Waals surface area contributed by atoms with Crippen LogP contribution in [0.25, 0.3) is 0 Å². The Bertz CT molecular complexity index is 410. The normalized spacial score (nSPS) is 24.3. The molecular formula is C14H22ClN3. The van der Waals surface area contributed by atoms with Crippen molar-refractivity contribution in [2.24, 2.45) is 0 Å². The third-order valence-corrected chi connectivity index (χ3v) is 3.99. The quantitative estimate of drug-likeness (QED) is 0.909. The average Bonchev–Trinajstić information content (AvgIpc) is 2.57. The molecule has 2 atom stereocenters. The predicted octanol–water partition coefficient (Wildman–Crippen LogP) is 2.91. The number of nitrogens with one attached hydrogen (secondary N) is 1. The zero-order valence-corrected chi connectivity index (χ0v) is 12.3. The molecule has 0 amide bonds. The van der Waals surface area contributed by atoms with Crippen molar-refractivity contribution in [1.29, 1.82) is 0 Å². The van der Waals surface area contributed by atoms with Crippen molar-refractivity contribution in [3.63, 3.8) is 0 Å². The third-order valence-electron chi connectivity index (χ3n) is 3.69. The van der Waals surface area contributed by atoms with E-state index < -0.39 is 0 Å². The number of anilines is 2. The highest BCUT2D eigenvalue weighted by molar-refractivity contribution is 6.33. The van der Waals surface area contributed by atoms with Crippen LogP contribution in [0.3, 0.4) is 0 Å².